The topological polar surface area (TPSA) is 420 Å². The molecule has 0 aliphatic rings. The molecule has 0 bridgehead atoms. The Hall–Kier alpha value is 2.53. The minimum absolute atomic E-state index is 0. The van der Waals surface area contributed by atoms with E-state index in [9.17, 15) is 0 Å². The Balaban J connectivity index is 0. The quantitative estimate of drug-likeness (QED) is 0.271. The number of rotatable bonds is 0. The first kappa shape index (κ1) is 1630. The molecule has 146 valence electrons. The predicted octanol–water partition coefficient (Wildman–Crippen LogP) is -2.49. The summed E-state index contributed by atoms with van der Waals surface area (Å²) in [6.45, 7) is 0. The van der Waals surface area contributed by atoms with Gasteiger partial charge in [-0.2, -0.15) is 0 Å². The van der Waals surface area contributed by atoms with Crippen LogP contribution < -0.4 is 0 Å². The fourth-order valence-electron chi connectivity index (χ4n) is 0. The molecule has 0 spiro atoms. The molecule has 0 heterocycles. The summed E-state index contributed by atoms with van der Waals surface area (Å²) < 4.78 is 0. The van der Waals surface area contributed by atoms with Crippen LogP contribution in [0.3, 0.4) is 0 Å². The summed E-state index contributed by atoms with van der Waals surface area (Å²) in [6, 6.07) is 0. The molecule has 0 aliphatic carbocycles. The van der Waals surface area contributed by atoms with E-state index in [0.717, 1.165) is 0 Å². The maximum Gasteiger partial charge on any atom is 3.00 e. The molecular weight excluding hydrogens is 557 g/mol. The standard InChI is InChI=1S/2Cr.2Fe.2Ni.14H2O/h;;;;;;14*1H2/q2*+3;4*+2;;;;;;;;;;;;;;/p-14. The zero-order chi connectivity index (χ0) is 0. The molecule has 14 nitrogen and oxygen atoms in total. The van der Waals surface area contributed by atoms with Crippen molar-refractivity contribution in [1.29, 1.82) is 0 Å². The van der Waals surface area contributed by atoms with E-state index in [1.807, 2.05) is 0 Å². The summed E-state index contributed by atoms with van der Waals surface area (Å²) in [6.07, 6.45) is 0. The Kier molecular flexibility index (Phi) is 116000. The monoisotopic (exact) mass is 570 g/mol. The fraction of sp³-hybridized carbons (Fsp3) is 0. The van der Waals surface area contributed by atoms with Crippen molar-refractivity contribution in [2.75, 3.05) is 0 Å². The summed E-state index contributed by atoms with van der Waals surface area (Å²) in [5.74, 6) is 0. The maximum atomic E-state index is 0. The minimum atomic E-state index is 0. The van der Waals surface area contributed by atoms with Crippen LogP contribution in [0.5, 0.6) is 0 Å². The number of hydrogen-bond acceptors (Lipinski definition) is 14. The van der Waals surface area contributed by atoms with Crippen molar-refractivity contribution in [2.45, 2.75) is 0 Å². The SMILES string of the molecule is [Cr+3].[Cr+3].[Fe+2].[Fe+2].[Ni+2].[Ni+2].[OH-].[OH-].[OH-].[OH-].[OH-].[OH-].[OH-].[OH-].[OH-].[OH-].[OH-].[OH-].[OH-].[OH-]. The van der Waals surface area contributed by atoms with Gasteiger partial charge in [0.25, 0.3) is 0 Å². The van der Waals surface area contributed by atoms with Crippen molar-refractivity contribution in [1.82, 2.24) is 0 Å². The third-order valence-electron chi connectivity index (χ3n) is 0. The van der Waals surface area contributed by atoms with E-state index in [2.05, 4.69) is 0 Å². The first-order valence-electron chi connectivity index (χ1n) is 0. The van der Waals surface area contributed by atoms with E-state index in [4.69, 9.17) is 0 Å². The van der Waals surface area contributed by atoms with Crippen molar-refractivity contribution >= 4 is 0 Å². The Morgan fingerprint density at radius 3 is 0.200 bits per heavy atom. The first-order valence-corrected chi connectivity index (χ1v) is 0. The third kappa shape index (κ3) is 1220. The predicted molar refractivity (Wildman–Crippen MR) is 27.1 cm³/mol. The van der Waals surface area contributed by atoms with Crippen LogP contribution in [0.15, 0.2) is 0 Å². The Labute approximate surface area is 177 Å². The van der Waals surface area contributed by atoms with Gasteiger partial charge < -0.3 is 76.7 Å². The van der Waals surface area contributed by atoms with E-state index < -0.39 is 0 Å². The molecule has 14 N–H and O–H groups in total. The largest absolute Gasteiger partial charge is 3.00 e. The normalized spacial score (nSPS) is 0. The van der Waals surface area contributed by atoms with Gasteiger partial charge >= 0.3 is 102 Å². The molecule has 0 aromatic heterocycles. The van der Waals surface area contributed by atoms with Gasteiger partial charge in [-0.15, -0.1) is 0 Å². The summed E-state index contributed by atoms with van der Waals surface area (Å²) in [4.78, 5) is 0. The van der Waals surface area contributed by atoms with Crippen molar-refractivity contribution in [3.8, 4) is 0 Å². The van der Waals surface area contributed by atoms with Gasteiger partial charge in [-0.05, 0) is 0 Å². The zero-order valence-corrected chi connectivity index (χ0v) is 15.2. The van der Waals surface area contributed by atoms with Crippen LogP contribution >= 0.6 is 0 Å². The third-order valence-corrected chi connectivity index (χ3v) is 0. The average molecular weight is 571 g/mol. The van der Waals surface area contributed by atoms with Gasteiger partial charge in [-0.3, -0.25) is 0 Å². The van der Waals surface area contributed by atoms with Crippen LogP contribution in [-0.2, 0) is 102 Å². The van der Waals surface area contributed by atoms with Crippen LogP contribution in [0.4, 0.5) is 0 Å². The number of hydrogen-bond donors (Lipinski definition) is 0. The van der Waals surface area contributed by atoms with E-state index in [1.165, 1.54) is 0 Å². The first-order chi connectivity index (χ1) is 0. The van der Waals surface area contributed by atoms with Crippen LogP contribution in [0, 0.1) is 0 Å². The van der Waals surface area contributed by atoms with Crippen molar-refractivity contribution in [2.24, 2.45) is 0 Å². The molecule has 0 aromatic rings. The Morgan fingerprint density at radius 1 is 0.200 bits per heavy atom. The summed E-state index contributed by atoms with van der Waals surface area (Å²) >= 11 is 0. The van der Waals surface area contributed by atoms with Crippen LogP contribution in [-0.4, -0.2) is 76.7 Å². The zero-order valence-electron chi connectivity index (χ0n) is 8.42. The van der Waals surface area contributed by atoms with E-state index in [0.29, 0.717) is 0 Å². The second kappa shape index (κ2) is 1420. The fourth-order valence-corrected chi connectivity index (χ4v) is 0. The molecule has 0 aromatic carbocycles. The minimum Gasteiger partial charge on any atom is -0.870 e. The van der Waals surface area contributed by atoms with E-state index in [1.54, 1.807) is 0 Å². The Bertz CT molecular complexity index is 27.1. The molecule has 0 unspecified atom stereocenters. The van der Waals surface area contributed by atoms with Crippen molar-refractivity contribution < 1.29 is 179 Å². The molecule has 0 saturated heterocycles. The summed E-state index contributed by atoms with van der Waals surface area (Å²) in [7, 11) is 0. The van der Waals surface area contributed by atoms with Crippen molar-refractivity contribution in [3.63, 3.8) is 0 Å². The van der Waals surface area contributed by atoms with Crippen molar-refractivity contribution in [3.05, 3.63) is 0 Å². The molecule has 2 radical (unpaired) electrons. The van der Waals surface area contributed by atoms with Gasteiger partial charge in [0.2, 0.25) is 0 Å². The van der Waals surface area contributed by atoms with Gasteiger partial charge in [0.1, 0.15) is 0 Å². The molecule has 0 saturated carbocycles. The molecular formula is H14Cr2Fe2Ni2O14. The summed E-state index contributed by atoms with van der Waals surface area (Å²) in [5, 5.41) is 0. The summed E-state index contributed by atoms with van der Waals surface area (Å²) in [5.41, 5.74) is 0. The van der Waals surface area contributed by atoms with Gasteiger partial charge in [0.05, 0.1) is 0 Å². The van der Waals surface area contributed by atoms with Crippen LogP contribution in [0.1, 0.15) is 0 Å². The maximum absolute atomic E-state index is 0. The molecule has 0 aliphatic heterocycles. The molecule has 0 atom stereocenters. The van der Waals surface area contributed by atoms with Crippen LogP contribution in [0.2, 0.25) is 0 Å². The molecule has 0 fully saturated rings. The molecule has 20 heteroatoms. The second-order valence-electron chi connectivity index (χ2n) is 0. The second-order valence-corrected chi connectivity index (χ2v) is 0. The van der Waals surface area contributed by atoms with Gasteiger partial charge in [0, 0.05) is 0 Å². The smallest absolute Gasteiger partial charge is 0.870 e. The average Bonchev–Trinajstić information content (AvgIpc) is 0. The Morgan fingerprint density at radius 2 is 0.200 bits per heavy atom. The van der Waals surface area contributed by atoms with E-state index in [-0.39, 0.29) is 179 Å². The van der Waals surface area contributed by atoms with E-state index >= 15 is 0 Å². The van der Waals surface area contributed by atoms with Gasteiger partial charge in [0.15, 0.2) is 0 Å². The molecule has 0 rings (SSSR count). The van der Waals surface area contributed by atoms with Gasteiger partial charge in [-0.1, -0.05) is 0 Å². The van der Waals surface area contributed by atoms with Crippen LogP contribution in [0.25, 0.3) is 0 Å². The molecule has 20 heavy (non-hydrogen) atoms. The molecule has 0 amide bonds. The van der Waals surface area contributed by atoms with Gasteiger partial charge in [-0.25, -0.2) is 0 Å².